The molecule has 0 saturated heterocycles. The maximum atomic E-state index is 12.1. The van der Waals surface area contributed by atoms with Crippen molar-refractivity contribution in [2.45, 2.75) is 27.2 Å². The fraction of sp³-hybridized carbons (Fsp3) is 0.286. The highest BCUT2D eigenvalue weighted by atomic mass is 16.5. The molecule has 0 bridgehead atoms. The fourth-order valence-corrected chi connectivity index (χ4v) is 2.45. The number of aromatic nitrogens is 1. The first kappa shape index (κ1) is 21.0. The second-order valence-electron chi connectivity index (χ2n) is 5.96. The summed E-state index contributed by atoms with van der Waals surface area (Å²) in [4.78, 5) is 16.6. The van der Waals surface area contributed by atoms with Gasteiger partial charge in [-0.2, -0.15) is 0 Å². The van der Waals surface area contributed by atoms with Crippen molar-refractivity contribution in [3.8, 4) is 17.0 Å². The molecule has 148 valence electrons. The Hall–Kier alpha value is -3.35. The van der Waals surface area contributed by atoms with Gasteiger partial charge in [-0.3, -0.25) is 0 Å². The summed E-state index contributed by atoms with van der Waals surface area (Å²) < 4.78 is 10.6. The Bertz CT molecular complexity index is 878. The van der Waals surface area contributed by atoms with Crippen LogP contribution in [0.3, 0.4) is 0 Å². The maximum Gasteiger partial charge on any atom is 0.345 e. The van der Waals surface area contributed by atoms with Gasteiger partial charge in [0.2, 0.25) is 5.88 Å². The van der Waals surface area contributed by atoms with Crippen molar-refractivity contribution in [2.24, 2.45) is 0 Å². The minimum Gasteiger partial charge on any atom is -0.507 e. The second-order valence-corrected chi connectivity index (χ2v) is 5.96. The van der Waals surface area contributed by atoms with Crippen LogP contribution in [0.5, 0.6) is 5.75 Å². The number of phenolic OH excluding ortho intramolecular Hbond substituents is 1. The normalized spacial score (nSPS) is 11.4. The summed E-state index contributed by atoms with van der Waals surface area (Å²) >= 11 is 0. The van der Waals surface area contributed by atoms with Gasteiger partial charge in [0.05, 0.1) is 18.9 Å². The fourth-order valence-electron chi connectivity index (χ4n) is 2.45. The largest absolute Gasteiger partial charge is 0.507 e. The average Bonchev–Trinajstić information content (AvgIpc) is 2.69. The molecule has 0 aliphatic rings. The van der Waals surface area contributed by atoms with E-state index in [1.807, 2.05) is 26.0 Å². The van der Waals surface area contributed by atoms with Crippen LogP contribution in [-0.4, -0.2) is 35.5 Å². The van der Waals surface area contributed by atoms with Crippen molar-refractivity contribution in [3.05, 3.63) is 53.4 Å². The Balaban J connectivity index is 2.41. The van der Waals surface area contributed by atoms with Gasteiger partial charge in [-0.05, 0) is 44.0 Å². The molecule has 0 atom stereocenters. The van der Waals surface area contributed by atoms with E-state index < -0.39 is 5.97 Å². The minimum atomic E-state index is -0.649. The number of hydrogen-bond acceptors (Lipinski definition) is 7. The molecule has 0 aliphatic carbocycles. The first-order valence-electron chi connectivity index (χ1n) is 9.09. The molecule has 0 spiro atoms. The van der Waals surface area contributed by atoms with Crippen LogP contribution in [0.1, 0.15) is 25.8 Å². The highest BCUT2D eigenvalue weighted by molar-refractivity contribution is 6.09. The highest BCUT2D eigenvalue weighted by Crippen LogP contribution is 2.31. The molecule has 1 aromatic carbocycles. The third-order valence-corrected chi connectivity index (χ3v) is 3.84. The molecule has 28 heavy (non-hydrogen) atoms. The molecule has 0 unspecified atom stereocenters. The van der Waals surface area contributed by atoms with E-state index in [9.17, 15) is 9.90 Å². The van der Waals surface area contributed by atoms with Gasteiger partial charge in [0.15, 0.2) is 0 Å². The summed E-state index contributed by atoms with van der Waals surface area (Å²) in [7, 11) is 0. The van der Waals surface area contributed by atoms with E-state index in [2.05, 4.69) is 10.3 Å². The third kappa shape index (κ3) is 5.09. The molecule has 0 radical (unpaired) electrons. The molecule has 2 aromatic rings. The van der Waals surface area contributed by atoms with Gasteiger partial charge >= 0.3 is 5.97 Å². The number of benzene rings is 1. The van der Waals surface area contributed by atoms with E-state index >= 15 is 0 Å². The zero-order valence-corrected chi connectivity index (χ0v) is 16.3. The molecule has 0 fully saturated rings. The number of carbonyl (C=O) groups is 1. The van der Waals surface area contributed by atoms with Crippen LogP contribution < -0.4 is 5.32 Å². The lowest BCUT2D eigenvalue weighted by Gasteiger charge is -2.15. The van der Waals surface area contributed by atoms with Crippen LogP contribution in [0.4, 0.5) is 5.82 Å². The van der Waals surface area contributed by atoms with E-state index in [-0.39, 0.29) is 23.8 Å². The molecule has 3 N–H and O–H groups in total. The van der Waals surface area contributed by atoms with Gasteiger partial charge in [0, 0.05) is 11.8 Å². The van der Waals surface area contributed by atoms with Crippen LogP contribution in [0.15, 0.2) is 47.9 Å². The molecule has 0 aliphatic heterocycles. The number of nitrogens with one attached hydrogen (secondary N) is 2. The number of esters is 1. The first-order chi connectivity index (χ1) is 13.5. The smallest absolute Gasteiger partial charge is 0.345 e. The molecule has 1 aromatic heterocycles. The summed E-state index contributed by atoms with van der Waals surface area (Å²) in [5.41, 5.74) is 1.88. The number of ether oxygens (including phenoxy) is 2. The zero-order valence-electron chi connectivity index (χ0n) is 16.3. The first-order valence-corrected chi connectivity index (χ1v) is 9.09. The lowest BCUT2D eigenvalue weighted by Crippen LogP contribution is -2.17. The summed E-state index contributed by atoms with van der Waals surface area (Å²) in [6.07, 6.45) is 1.62. The van der Waals surface area contributed by atoms with Gasteiger partial charge in [-0.1, -0.05) is 25.1 Å². The summed E-state index contributed by atoms with van der Waals surface area (Å²) in [6.45, 7) is 6.00. The van der Waals surface area contributed by atoms with Crippen LogP contribution in [0.25, 0.3) is 11.3 Å². The van der Waals surface area contributed by atoms with E-state index in [0.29, 0.717) is 23.7 Å². The van der Waals surface area contributed by atoms with Crippen LogP contribution in [0, 0.1) is 12.3 Å². The summed E-state index contributed by atoms with van der Waals surface area (Å²) in [5, 5.41) is 20.8. The molecular formula is C21H25N3O4. The maximum absolute atomic E-state index is 12.1. The minimum absolute atomic E-state index is 0.0269. The SMILES string of the molecule is CCCO/C(Nc1cccc(-c2cccc(C)c2O)n1)=C(/C=N)C(=O)OCC. The number of anilines is 1. The molecule has 1 heterocycles. The van der Waals surface area contributed by atoms with Crippen molar-refractivity contribution in [1.29, 1.82) is 5.41 Å². The average molecular weight is 383 g/mol. The number of aryl methyl sites for hydroxylation is 1. The number of nitrogens with zero attached hydrogens (tertiary/aromatic N) is 1. The van der Waals surface area contributed by atoms with Crippen LogP contribution >= 0.6 is 0 Å². The van der Waals surface area contributed by atoms with Crippen LogP contribution in [-0.2, 0) is 14.3 Å². The molecule has 0 amide bonds. The highest BCUT2D eigenvalue weighted by Gasteiger charge is 2.17. The monoisotopic (exact) mass is 383 g/mol. The lowest BCUT2D eigenvalue weighted by atomic mass is 10.1. The number of carbonyl (C=O) groups excluding carboxylic acids is 1. The standard InChI is InChI=1S/C21H25N3O4/c1-4-12-28-20(16(13-22)21(26)27-5-2)24-18-11-7-10-17(23-18)15-9-6-8-14(3)19(15)25/h6-11,13,22,25H,4-5,12H2,1-3H3,(H,23,24)/b20-16-,22-13?. The Morgan fingerprint density at radius 3 is 2.64 bits per heavy atom. The third-order valence-electron chi connectivity index (χ3n) is 3.84. The zero-order chi connectivity index (χ0) is 20.5. The van der Waals surface area contributed by atoms with Crippen molar-refractivity contribution in [1.82, 2.24) is 4.98 Å². The second kappa shape index (κ2) is 10.1. The quantitative estimate of drug-likeness (QED) is 0.261. The topological polar surface area (TPSA) is 105 Å². The van der Waals surface area contributed by atoms with E-state index in [0.717, 1.165) is 18.2 Å². The predicted molar refractivity (Wildman–Crippen MR) is 108 cm³/mol. The van der Waals surface area contributed by atoms with Gasteiger partial charge in [-0.15, -0.1) is 0 Å². The Morgan fingerprint density at radius 1 is 1.21 bits per heavy atom. The van der Waals surface area contributed by atoms with E-state index in [1.165, 1.54) is 0 Å². The summed E-state index contributed by atoms with van der Waals surface area (Å²) in [5.74, 6) is 0.0296. The molecule has 0 saturated carbocycles. The number of hydrogen-bond donors (Lipinski definition) is 3. The van der Waals surface area contributed by atoms with Gasteiger partial charge in [0.1, 0.15) is 17.1 Å². The van der Waals surface area contributed by atoms with E-state index in [1.54, 1.807) is 31.2 Å². The molecule has 7 nitrogen and oxygen atoms in total. The van der Waals surface area contributed by atoms with Crippen molar-refractivity contribution < 1.29 is 19.4 Å². The Kier molecular flexibility index (Phi) is 7.56. The molecule has 2 rings (SSSR count). The lowest BCUT2D eigenvalue weighted by molar-refractivity contribution is -0.138. The van der Waals surface area contributed by atoms with Gasteiger partial charge in [-0.25, -0.2) is 9.78 Å². The number of pyridine rings is 1. The van der Waals surface area contributed by atoms with Crippen LogP contribution in [0.2, 0.25) is 0 Å². The predicted octanol–water partition coefficient (Wildman–Crippen LogP) is 4.03. The van der Waals surface area contributed by atoms with E-state index in [4.69, 9.17) is 14.9 Å². The molecule has 7 heteroatoms. The van der Waals surface area contributed by atoms with Gasteiger partial charge < -0.3 is 25.3 Å². The van der Waals surface area contributed by atoms with Crippen molar-refractivity contribution >= 4 is 18.0 Å². The van der Waals surface area contributed by atoms with Crippen molar-refractivity contribution in [3.63, 3.8) is 0 Å². The number of para-hydroxylation sites is 1. The Labute approximate surface area is 164 Å². The van der Waals surface area contributed by atoms with Gasteiger partial charge in [0.25, 0.3) is 0 Å². The number of rotatable bonds is 9. The number of phenols is 1. The summed E-state index contributed by atoms with van der Waals surface area (Å²) in [6, 6.07) is 10.7. The van der Waals surface area contributed by atoms with Crippen molar-refractivity contribution in [2.75, 3.05) is 18.5 Å². The Morgan fingerprint density at radius 2 is 1.96 bits per heavy atom. The molecular weight excluding hydrogens is 358 g/mol. The number of aromatic hydroxyl groups is 1.